The Morgan fingerprint density at radius 3 is 2.25 bits per heavy atom. The number of rotatable bonds is 3. The average Bonchev–Trinajstić information content (AvgIpc) is 2.17. The summed E-state index contributed by atoms with van der Waals surface area (Å²) >= 11 is 1.40. The predicted octanol–water partition coefficient (Wildman–Crippen LogP) is 1.95. The second-order valence-electron chi connectivity index (χ2n) is 4.13. The molecule has 1 aliphatic heterocycles. The van der Waals surface area contributed by atoms with Crippen molar-refractivity contribution < 1.29 is 9.59 Å². The van der Waals surface area contributed by atoms with Crippen LogP contribution >= 0.6 is 11.8 Å². The highest BCUT2D eigenvalue weighted by Crippen LogP contribution is 2.32. The summed E-state index contributed by atoms with van der Waals surface area (Å²) in [6.07, 6.45) is 0.995. The van der Waals surface area contributed by atoms with Gasteiger partial charge in [-0.15, -0.1) is 0 Å². The van der Waals surface area contributed by atoms with Gasteiger partial charge >= 0.3 is 0 Å². The molecule has 0 fully saturated rings. The van der Waals surface area contributed by atoms with E-state index in [2.05, 4.69) is 10.3 Å². The summed E-state index contributed by atoms with van der Waals surface area (Å²) < 4.78 is 0. The molecule has 0 aromatic carbocycles. The first-order valence-corrected chi connectivity index (χ1v) is 6.45. The van der Waals surface area contributed by atoms with Crippen LogP contribution in [-0.4, -0.2) is 22.2 Å². The molecule has 16 heavy (non-hydrogen) atoms. The Hall–Kier alpha value is -0.840. The van der Waals surface area contributed by atoms with Crippen molar-refractivity contribution in [2.75, 3.05) is 0 Å². The molecule has 0 bridgehead atoms. The summed E-state index contributed by atoms with van der Waals surface area (Å²) in [5.41, 5.74) is -0.943. The summed E-state index contributed by atoms with van der Waals surface area (Å²) in [6, 6.07) is 0. The summed E-state index contributed by atoms with van der Waals surface area (Å²) in [5, 5.41) is 3.45. The second-order valence-corrected chi connectivity index (χ2v) is 5.70. The van der Waals surface area contributed by atoms with Gasteiger partial charge < -0.3 is 5.32 Å². The zero-order valence-corrected chi connectivity index (χ0v) is 11.0. The summed E-state index contributed by atoms with van der Waals surface area (Å²) in [5.74, 6) is -0.509. The summed E-state index contributed by atoms with van der Waals surface area (Å²) in [7, 11) is 0. The molecule has 0 atom stereocenters. The van der Waals surface area contributed by atoms with Gasteiger partial charge in [0.05, 0.1) is 0 Å². The maximum absolute atomic E-state index is 12.0. The summed E-state index contributed by atoms with van der Waals surface area (Å²) in [4.78, 5) is 27.9. The molecular weight excluding hydrogens is 224 g/mol. The van der Waals surface area contributed by atoms with Crippen LogP contribution in [0.2, 0.25) is 0 Å². The zero-order valence-electron chi connectivity index (χ0n) is 10.2. The number of nitrogens with one attached hydrogen (secondary N) is 1. The number of amidine groups is 1. The van der Waals surface area contributed by atoms with Crippen LogP contribution in [0.1, 0.15) is 40.5 Å². The number of nitrogens with zero attached hydrogens (tertiary/aromatic N) is 1. The molecule has 0 aromatic heterocycles. The fourth-order valence-electron chi connectivity index (χ4n) is 1.69. The topological polar surface area (TPSA) is 58.5 Å². The van der Waals surface area contributed by atoms with Gasteiger partial charge in [-0.05, 0) is 12.8 Å². The molecule has 0 unspecified atom stereocenters. The molecule has 1 N–H and O–H groups in total. The van der Waals surface area contributed by atoms with E-state index in [-0.39, 0.29) is 11.8 Å². The van der Waals surface area contributed by atoms with Gasteiger partial charge in [0.1, 0.15) is 5.41 Å². The van der Waals surface area contributed by atoms with Crippen LogP contribution < -0.4 is 5.32 Å². The molecule has 0 aliphatic carbocycles. The van der Waals surface area contributed by atoms with E-state index in [1.54, 1.807) is 0 Å². The van der Waals surface area contributed by atoms with Gasteiger partial charge in [-0.25, -0.2) is 0 Å². The first kappa shape index (κ1) is 13.2. The average molecular weight is 242 g/mol. The van der Waals surface area contributed by atoms with E-state index < -0.39 is 5.41 Å². The molecule has 0 aromatic rings. The molecule has 1 heterocycles. The van der Waals surface area contributed by atoms with E-state index >= 15 is 0 Å². The molecule has 5 heteroatoms. The fourth-order valence-corrected chi connectivity index (χ4v) is 2.43. The third kappa shape index (κ3) is 2.29. The third-order valence-electron chi connectivity index (χ3n) is 2.82. The first-order valence-electron chi connectivity index (χ1n) is 5.57. The maximum atomic E-state index is 12.0. The lowest BCUT2D eigenvalue weighted by molar-refractivity contribution is -0.142. The van der Waals surface area contributed by atoms with Crippen molar-refractivity contribution >= 4 is 28.7 Å². The molecule has 0 saturated carbocycles. The van der Waals surface area contributed by atoms with Crippen LogP contribution in [0.15, 0.2) is 4.99 Å². The van der Waals surface area contributed by atoms with Crippen molar-refractivity contribution in [2.45, 2.75) is 45.8 Å². The molecular formula is C11H18N2O2S. The van der Waals surface area contributed by atoms with Crippen LogP contribution in [0.25, 0.3) is 0 Å². The van der Waals surface area contributed by atoms with E-state index in [0.29, 0.717) is 23.3 Å². The number of thioether (sulfide) groups is 1. The van der Waals surface area contributed by atoms with Gasteiger partial charge in [-0.3, -0.25) is 9.59 Å². The maximum Gasteiger partial charge on any atom is 0.263 e. The second kappa shape index (κ2) is 4.99. The Labute approximate surface area is 100 Å². The lowest BCUT2D eigenvalue weighted by atomic mass is 9.80. The highest BCUT2D eigenvalue weighted by Gasteiger charge is 2.45. The van der Waals surface area contributed by atoms with Crippen LogP contribution in [0.4, 0.5) is 0 Å². The lowest BCUT2D eigenvalue weighted by Gasteiger charge is -2.30. The molecule has 0 radical (unpaired) electrons. The van der Waals surface area contributed by atoms with Gasteiger partial charge in [-0.1, -0.05) is 39.5 Å². The van der Waals surface area contributed by atoms with E-state index in [0.717, 1.165) is 0 Å². The Bertz CT molecular complexity index is 333. The molecule has 0 spiro atoms. The highest BCUT2D eigenvalue weighted by molar-refractivity contribution is 8.14. The quantitative estimate of drug-likeness (QED) is 0.769. The molecule has 2 amide bonds. The minimum absolute atomic E-state index is 0.208. The van der Waals surface area contributed by atoms with E-state index in [9.17, 15) is 9.59 Å². The number of aliphatic imine (C=N–C) groups is 1. The standard InChI is InChI=1S/C11H18N2O2S/c1-5-11(6-2)8(14)12-10(13-9(11)15)16-7(3)4/h7H,5-6H2,1-4H3,(H,12,13,14,15). The van der Waals surface area contributed by atoms with Crippen LogP contribution in [0.3, 0.4) is 0 Å². The minimum Gasteiger partial charge on any atom is -0.304 e. The van der Waals surface area contributed by atoms with Crippen LogP contribution in [0, 0.1) is 5.41 Å². The molecule has 0 saturated heterocycles. The summed E-state index contributed by atoms with van der Waals surface area (Å²) in [6.45, 7) is 7.67. The van der Waals surface area contributed by atoms with Gasteiger partial charge in [0, 0.05) is 5.25 Å². The molecule has 4 nitrogen and oxygen atoms in total. The minimum atomic E-state index is -0.943. The Kier molecular flexibility index (Phi) is 4.13. The van der Waals surface area contributed by atoms with E-state index in [4.69, 9.17) is 0 Å². The normalized spacial score (nSPS) is 19.7. The van der Waals surface area contributed by atoms with Gasteiger partial charge in [0.15, 0.2) is 5.17 Å². The van der Waals surface area contributed by atoms with Gasteiger partial charge in [0.2, 0.25) is 5.91 Å². The lowest BCUT2D eigenvalue weighted by Crippen LogP contribution is -2.51. The van der Waals surface area contributed by atoms with Crippen molar-refractivity contribution in [3.05, 3.63) is 0 Å². The number of hydrogen-bond acceptors (Lipinski definition) is 3. The van der Waals surface area contributed by atoms with Crippen LogP contribution in [-0.2, 0) is 9.59 Å². The third-order valence-corrected chi connectivity index (χ3v) is 3.71. The van der Waals surface area contributed by atoms with Crippen molar-refractivity contribution in [1.29, 1.82) is 0 Å². The monoisotopic (exact) mass is 242 g/mol. The van der Waals surface area contributed by atoms with Crippen molar-refractivity contribution in [3.8, 4) is 0 Å². The largest absolute Gasteiger partial charge is 0.304 e. The molecule has 90 valence electrons. The number of carbonyl (C=O) groups excluding carboxylic acids is 2. The number of hydrogen-bond donors (Lipinski definition) is 1. The molecule has 1 aliphatic rings. The first-order chi connectivity index (χ1) is 7.46. The highest BCUT2D eigenvalue weighted by atomic mass is 32.2. The van der Waals surface area contributed by atoms with Crippen LogP contribution in [0.5, 0.6) is 0 Å². The van der Waals surface area contributed by atoms with E-state index in [1.807, 2.05) is 27.7 Å². The SMILES string of the molecule is CCC1(CC)C(=O)N=C(SC(C)C)NC1=O. The van der Waals surface area contributed by atoms with Crippen molar-refractivity contribution in [1.82, 2.24) is 5.32 Å². The van der Waals surface area contributed by atoms with Gasteiger partial charge in [0.25, 0.3) is 5.91 Å². The van der Waals surface area contributed by atoms with Gasteiger partial charge in [-0.2, -0.15) is 4.99 Å². The molecule has 1 rings (SSSR count). The Morgan fingerprint density at radius 2 is 1.88 bits per heavy atom. The smallest absolute Gasteiger partial charge is 0.263 e. The fraction of sp³-hybridized carbons (Fsp3) is 0.727. The predicted molar refractivity (Wildman–Crippen MR) is 66.3 cm³/mol. The van der Waals surface area contributed by atoms with E-state index in [1.165, 1.54) is 11.8 Å². The number of amides is 2. The Morgan fingerprint density at radius 1 is 1.31 bits per heavy atom. The Balaban J connectivity index is 2.97. The zero-order chi connectivity index (χ0) is 12.3. The van der Waals surface area contributed by atoms with Crippen molar-refractivity contribution in [3.63, 3.8) is 0 Å². The number of carbonyl (C=O) groups is 2. The van der Waals surface area contributed by atoms with Crippen molar-refractivity contribution in [2.24, 2.45) is 10.4 Å².